The van der Waals surface area contributed by atoms with E-state index in [1.807, 2.05) is 6.92 Å². The van der Waals surface area contributed by atoms with Gasteiger partial charge in [0.15, 0.2) is 0 Å². The predicted molar refractivity (Wildman–Crippen MR) is 85.1 cm³/mol. The fourth-order valence-corrected chi connectivity index (χ4v) is 1.97. The number of nitrogens with one attached hydrogen (secondary N) is 2. The van der Waals surface area contributed by atoms with Gasteiger partial charge in [-0.3, -0.25) is 9.59 Å². The Labute approximate surface area is 129 Å². The molecular formula is C16H32N2O3. The summed E-state index contributed by atoms with van der Waals surface area (Å²) in [5.41, 5.74) is 0. The highest BCUT2D eigenvalue weighted by atomic mass is 16.5. The number of amides is 2. The fraction of sp³-hybridized carbons (Fsp3) is 0.875. The highest BCUT2D eigenvalue weighted by molar-refractivity contribution is 6.35. The molecule has 124 valence electrons. The van der Waals surface area contributed by atoms with Gasteiger partial charge in [0.1, 0.15) is 0 Å². The number of hydrogen-bond donors (Lipinski definition) is 2. The molecule has 5 heteroatoms. The van der Waals surface area contributed by atoms with E-state index in [0.29, 0.717) is 26.3 Å². The van der Waals surface area contributed by atoms with Crippen molar-refractivity contribution in [2.24, 2.45) is 0 Å². The molecule has 0 aromatic rings. The molecule has 0 aliphatic rings. The normalized spacial score (nSPS) is 10.4. The van der Waals surface area contributed by atoms with Gasteiger partial charge in [-0.25, -0.2) is 0 Å². The van der Waals surface area contributed by atoms with Crippen LogP contribution < -0.4 is 10.6 Å². The molecular weight excluding hydrogens is 268 g/mol. The summed E-state index contributed by atoms with van der Waals surface area (Å²) in [5, 5.41) is 5.24. The molecule has 0 radical (unpaired) electrons. The van der Waals surface area contributed by atoms with Crippen molar-refractivity contribution < 1.29 is 14.3 Å². The van der Waals surface area contributed by atoms with E-state index < -0.39 is 11.8 Å². The van der Waals surface area contributed by atoms with Crippen LogP contribution in [0.25, 0.3) is 0 Å². The van der Waals surface area contributed by atoms with E-state index in [1.165, 1.54) is 32.1 Å². The molecule has 2 N–H and O–H groups in total. The van der Waals surface area contributed by atoms with Gasteiger partial charge in [-0.1, -0.05) is 45.4 Å². The highest BCUT2D eigenvalue weighted by Gasteiger charge is 2.11. The molecule has 0 spiro atoms. The molecule has 0 heterocycles. The van der Waals surface area contributed by atoms with E-state index in [0.717, 1.165) is 19.3 Å². The molecule has 5 nitrogen and oxygen atoms in total. The molecule has 0 atom stereocenters. The zero-order valence-corrected chi connectivity index (χ0v) is 13.7. The summed E-state index contributed by atoms with van der Waals surface area (Å²) in [6, 6.07) is 0. The predicted octanol–water partition coefficient (Wildman–Crippen LogP) is 2.40. The molecule has 0 aromatic carbocycles. The number of carbonyl (C=O) groups excluding carboxylic acids is 2. The van der Waals surface area contributed by atoms with Crippen molar-refractivity contribution in [1.82, 2.24) is 10.6 Å². The van der Waals surface area contributed by atoms with Gasteiger partial charge in [-0.2, -0.15) is 0 Å². The number of rotatable bonds is 13. The largest absolute Gasteiger partial charge is 0.382 e. The minimum Gasteiger partial charge on any atom is -0.382 e. The van der Waals surface area contributed by atoms with Crippen molar-refractivity contribution in [2.45, 2.75) is 65.2 Å². The van der Waals surface area contributed by atoms with Gasteiger partial charge in [-0.05, 0) is 19.8 Å². The standard InChI is InChI=1S/C16H32N2O3/c1-3-5-6-7-8-9-10-12-17-15(19)16(20)18-13-11-14-21-4-2/h3-14H2,1-2H3,(H,17,19)(H,18,20). The van der Waals surface area contributed by atoms with Crippen LogP contribution in [0.3, 0.4) is 0 Å². The fourth-order valence-electron chi connectivity index (χ4n) is 1.97. The Balaban J connectivity index is 3.37. The van der Waals surface area contributed by atoms with Crippen molar-refractivity contribution in [2.75, 3.05) is 26.3 Å². The summed E-state index contributed by atoms with van der Waals surface area (Å²) in [7, 11) is 0. The van der Waals surface area contributed by atoms with E-state index in [9.17, 15) is 9.59 Å². The van der Waals surface area contributed by atoms with Crippen molar-refractivity contribution in [3.8, 4) is 0 Å². The molecule has 0 rings (SSSR count). The number of carbonyl (C=O) groups is 2. The summed E-state index contributed by atoms with van der Waals surface area (Å²) in [6.45, 7) is 6.47. The Bertz CT molecular complexity index is 270. The van der Waals surface area contributed by atoms with E-state index in [-0.39, 0.29) is 0 Å². The third kappa shape index (κ3) is 13.6. The first-order valence-electron chi connectivity index (χ1n) is 8.36. The molecule has 0 aliphatic carbocycles. The molecule has 0 aliphatic heterocycles. The van der Waals surface area contributed by atoms with Crippen molar-refractivity contribution in [3.05, 3.63) is 0 Å². The van der Waals surface area contributed by atoms with Gasteiger partial charge < -0.3 is 15.4 Å². The number of ether oxygens (including phenoxy) is 1. The SMILES string of the molecule is CCCCCCCCCNC(=O)C(=O)NCCCOCC. The molecule has 0 fully saturated rings. The molecule has 21 heavy (non-hydrogen) atoms. The van der Waals surface area contributed by atoms with E-state index in [2.05, 4.69) is 17.6 Å². The van der Waals surface area contributed by atoms with Crippen molar-refractivity contribution in [1.29, 1.82) is 0 Å². The van der Waals surface area contributed by atoms with Crippen molar-refractivity contribution in [3.63, 3.8) is 0 Å². The van der Waals surface area contributed by atoms with Crippen LogP contribution in [0.5, 0.6) is 0 Å². The smallest absolute Gasteiger partial charge is 0.309 e. The maximum atomic E-state index is 11.5. The molecule has 0 saturated carbocycles. The second kappa shape index (κ2) is 15.3. The summed E-state index contributed by atoms with van der Waals surface area (Å²) in [5.74, 6) is -1.08. The summed E-state index contributed by atoms with van der Waals surface area (Å²) >= 11 is 0. The minimum atomic E-state index is -0.547. The number of unbranched alkanes of at least 4 members (excludes halogenated alkanes) is 6. The topological polar surface area (TPSA) is 67.4 Å². The van der Waals surface area contributed by atoms with Crippen LogP contribution in [-0.2, 0) is 14.3 Å². The average Bonchev–Trinajstić information content (AvgIpc) is 2.49. The van der Waals surface area contributed by atoms with Crippen LogP contribution in [0.15, 0.2) is 0 Å². The Morgan fingerprint density at radius 3 is 1.86 bits per heavy atom. The molecule has 2 amide bonds. The zero-order chi connectivity index (χ0) is 15.8. The van der Waals surface area contributed by atoms with Crippen LogP contribution >= 0.6 is 0 Å². The van der Waals surface area contributed by atoms with E-state index in [4.69, 9.17) is 4.74 Å². The minimum absolute atomic E-state index is 0.476. The Hall–Kier alpha value is -1.10. The lowest BCUT2D eigenvalue weighted by Gasteiger charge is -2.06. The Morgan fingerprint density at radius 1 is 0.762 bits per heavy atom. The first kappa shape index (κ1) is 19.9. The van der Waals surface area contributed by atoms with Gasteiger partial charge in [0.2, 0.25) is 0 Å². The van der Waals surface area contributed by atoms with Crippen LogP contribution in [0.1, 0.15) is 65.2 Å². The van der Waals surface area contributed by atoms with Gasteiger partial charge in [0, 0.05) is 26.3 Å². The molecule has 0 saturated heterocycles. The first-order chi connectivity index (χ1) is 10.2. The molecule has 0 aromatic heterocycles. The molecule has 0 unspecified atom stereocenters. The van der Waals surface area contributed by atoms with Crippen LogP contribution in [0.2, 0.25) is 0 Å². The Morgan fingerprint density at radius 2 is 1.29 bits per heavy atom. The highest BCUT2D eigenvalue weighted by Crippen LogP contribution is 2.06. The third-order valence-electron chi connectivity index (χ3n) is 3.23. The lowest BCUT2D eigenvalue weighted by Crippen LogP contribution is -2.40. The lowest BCUT2D eigenvalue weighted by atomic mass is 10.1. The third-order valence-corrected chi connectivity index (χ3v) is 3.23. The quantitative estimate of drug-likeness (QED) is 0.405. The van der Waals surface area contributed by atoms with E-state index in [1.54, 1.807) is 0 Å². The summed E-state index contributed by atoms with van der Waals surface area (Å²) in [4.78, 5) is 22.9. The van der Waals surface area contributed by atoms with E-state index >= 15 is 0 Å². The maximum absolute atomic E-state index is 11.5. The summed E-state index contributed by atoms with van der Waals surface area (Å²) in [6.07, 6.45) is 9.12. The zero-order valence-electron chi connectivity index (χ0n) is 13.7. The second-order valence-corrected chi connectivity index (χ2v) is 5.18. The van der Waals surface area contributed by atoms with Gasteiger partial charge in [-0.15, -0.1) is 0 Å². The van der Waals surface area contributed by atoms with Gasteiger partial charge in [0.05, 0.1) is 0 Å². The maximum Gasteiger partial charge on any atom is 0.309 e. The van der Waals surface area contributed by atoms with Crippen LogP contribution in [0.4, 0.5) is 0 Å². The van der Waals surface area contributed by atoms with Crippen LogP contribution in [0, 0.1) is 0 Å². The first-order valence-corrected chi connectivity index (χ1v) is 8.36. The summed E-state index contributed by atoms with van der Waals surface area (Å²) < 4.78 is 5.15. The lowest BCUT2D eigenvalue weighted by molar-refractivity contribution is -0.139. The monoisotopic (exact) mass is 300 g/mol. The van der Waals surface area contributed by atoms with Crippen LogP contribution in [-0.4, -0.2) is 38.1 Å². The second-order valence-electron chi connectivity index (χ2n) is 5.18. The van der Waals surface area contributed by atoms with Gasteiger partial charge in [0.25, 0.3) is 0 Å². The average molecular weight is 300 g/mol. The van der Waals surface area contributed by atoms with Crippen molar-refractivity contribution >= 4 is 11.8 Å². The number of hydrogen-bond acceptors (Lipinski definition) is 3. The Kier molecular flexibility index (Phi) is 14.5. The van der Waals surface area contributed by atoms with Gasteiger partial charge >= 0.3 is 11.8 Å². The molecule has 0 bridgehead atoms.